The summed E-state index contributed by atoms with van der Waals surface area (Å²) in [6.07, 6.45) is 14.0. The second kappa shape index (κ2) is 11.6. The fourth-order valence-electron chi connectivity index (χ4n) is 0.856. The van der Waals surface area contributed by atoms with Crippen molar-refractivity contribution < 1.29 is 29.4 Å². The van der Waals surface area contributed by atoms with Gasteiger partial charge in [-0.05, 0) is 25.7 Å². The Balaban J connectivity index is 0. The monoisotopic (exact) mass is 270 g/mol. The maximum Gasteiger partial charge on any atom is 0.300 e. The molecular formula is C10H16O2Ru. The summed E-state index contributed by atoms with van der Waals surface area (Å²) in [5, 5.41) is 7.42. The van der Waals surface area contributed by atoms with E-state index >= 15 is 0 Å². The van der Waals surface area contributed by atoms with Crippen LogP contribution in [0.5, 0.6) is 0 Å². The van der Waals surface area contributed by atoms with E-state index in [2.05, 4.69) is 24.3 Å². The Hall–Kier alpha value is -0.427. The zero-order valence-corrected chi connectivity index (χ0v) is 9.58. The van der Waals surface area contributed by atoms with E-state index in [1.807, 2.05) is 0 Å². The van der Waals surface area contributed by atoms with Crippen molar-refractivity contribution in [2.75, 3.05) is 0 Å². The molecule has 0 atom stereocenters. The van der Waals surface area contributed by atoms with Crippen LogP contribution in [-0.2, 0) is 24.3 Å². The van der Waals surface area contributed by atoms with Gasteiger partial charge in [0, 0.05) is 26.4 Å². The number of carboxylic acids is 1. The number of aliphatic carboxylic acids is 1. The number of hydrogen-bond acceptors (Lipinski definition) is 1. The molecule has 0 aromatic rings. The summed E-state index contributed by atoms with van der Waals surface area (Å²) in [4.78, 5) is 9.00. The first-order valence-corrected chi connectivity index (χ1v) is 4.23. The SMILES string of the molecule is C1=CCCC=CCC1.CC(=O)O.[Ru]. The molecule has 0 unspecified atom stereocenters. The Morgan fingerprint density at radius 3 is 1.31 bits per heavy atom. The Labute approximate surface area is 92.5 Å². The third kappa shape index (κ3) is 18.5. The maximum absolute atomic E-state index is 9.00. The van der Waals surface area contributed by atoms with Gasteiger partial charge in [0.2, 0.25) is 0 Å². The van der Waals surface area contributed by atoms with Crippen molar-refractivity contribution in [1.82, 2.24) is 0 Å². The van der Waals surface area contributed by atoms with E-state index in [4.69, 9.17) is 9.90 Å². The minimum Gasteiger partial charge on any atom is -0.481 e. The number of allylic oxidation sites excluding steroid dienone is 4. The Bertz CT molecular complexity index is 144. The van der Waals surface area contributed by atoms with E-state index in [1.54, 1.807) is 0 Å². The molecule has 0 aromatic heterocycles. The molecule has 13 heavy (non-hydrogen) atoms. The average molecular weight is 269 g/mol. The van der Waals surface area contributed by atoms with Gasteiger partial charge in [0.25, 0.3) is 5.97 Å². The predicted octanol–water partition coefficient (Wildman–Crippen LogP) is 2.76. The molecule has 0 amide bonds. The van der Waals surface area contributed by atoms with Crippen molar-refractivity contribution >= 4 is 5.97 Å². The molecule has 3 heteroatoms. The molecule has 1 aliphatic rings. The van der Waals surface area contributed by atoms with Crippen molar-refractivity contribution in [3.05, 3.63) is 24.3 Å². The summed E-state index contributed by atoms with van der Waals surface area (Å²) in [7, 11) is 0. The Kier molecular flexibility index (Phi) is 13.4. The smallest absolute Gasteiger partial charge is 0.300 e. The van der Waals surface area contributed by atoms with Crippen LogP contribution in [0.4, 0.5) is 0 Å². The standard InChI is InChI=1S/C8H12.C2H4O2.Ru/c1-2-4-6-8-7-5-3-1;1-2(3)4;/h1-2,7-8H,3-6H2;1H3,(H,3,4);. The molecule has 2 nitrogen and oxygen atoms in total. The van der Waals surface area contributed by atoms with Gasteiger partial charge < -0.3 is 5.11 Å². The first-order valence-electron chi connectivity index (χ1n) is 4.23. The van der Waals surface area contributed by atoms with Gasteiger partial charge in [-0.2, -0.15) is 0 Å². The van der Waals surface area contributed by atoms with Crippen molar-refractivity contribution in [2.45, 2.75) is 32.6 Å². The molecule has 1 N–H and O–H groups in total. The third-order valence-corrected chi connectivity index (χ3v) is 1.33. The van der Waals surface area contributed by atoms with E-state index in [0.717, 1.165) is 6.92 Å². The molecule has 0 saturated carbocycles. The van der Waals surface area contributed by atoms with Crippen LogP contribution in [0.15, 0.2) is 24.3 Å². The van der Waals surface area contributed by atoms with Crippen LogP contribution in [0.25, 0.3) is 0 Å². The van der Waals surface area contributed by atoms with Crippen LogP contribution in [-0.4, -0.2) is 11.1 Å². The fourth-order valence-corrected chi connectivity index (χ4v) is 0.856. The van der Waals surface area contributed by atoms with E-state index < -0.39 is 5.97 Å². The van der Waals surface area contributed by atoms with Crippen LogP contribution in [0.1, 0.15) is 32.6 Å². The minimum atomic E-state index is -0.833. The van der Waals surface area contributed by atoms with Crippen molar-refractivity contribution in [2.24, 2.45) is 0 Å². The molecule has 0 aromatic carbocycles. The van der Waals surface area contributed by atoms with Crippen LogP contribution in [0.2, 0.25) is 0 Å². The summed E-state index contributed by atoms with van der Waals surface area (Å²) >= 11 is 0. The number of carboxylic acid groups (broad SMARTS) is 1. The number of carbonyl (C=O) groups is 1. The molecule has 0 radical (unpaired) electrons. The van der Waals surface area contributed by atoms with Crippen LogP contribution in [0.3, 0.4) is 0 Å². The number of hydrogen-bond donors (Lipinski definition) is 1. The molecule has 0 bridgehead atoms. The molecule has 76 valence electrons. The van der Waals surface area contributed by atoms with Crippen molar-refractivity contribution in [1.29, 1.82) is 0 Å². The van der Waals surface area contributed by atoms with E-state index in [0.29, 0.717) is 0 Å². The van der Waals surface area contributed by atoms with Gasteiger partial charge in [-0.1, -0.05) is 24.3 Å². The normalized spacial score (nSPS) is 14.2. The summed E-state index contributed by atoms with van der Waals surface area (Å²) < 4.78 is 0. The predicted molar refractivity (Wildman–Crippen MR) is 50.1 cm³/mol. The first-order chi connectivity index (χ1) is 5.73. The Morgan fingerprint density at radius 1 is 1.00 bits per heavy atom. The first kappa shape index (κ1) is 15.1. The van der Waals surface area contributed by atoms with Gasteiger partial charge in [0.05, 0.1) is 0 Å². The third-order valence-electron chi connectivity index (χ3n) is 1.33. The summed E-state index contributed by atoms with van der Waals surface area (Å²) in [5.74, 6) is -0.833. The van der Waals surface area contributed by atoms with Gasteiger partial charge in [0.1, 0.15) is 0 Å². The van der Waals surface area contributed by atoms with E-state index in [1.165, 1.54) is 25.7 Å². The van der Waals surface area contributed by atoms with Gasteiger partial charge in [-0.3, -0.25) is 4.79 Å². The molecule has 1 rings (SSSR count). The molecule has 0 spiro atoms. The maximum atomic E-state index is 9.00. The van der Waals surface area contributed by atoms with E-state index in [-0.39, 0.29) is 19.5 Å². The molecule has 0 heterocycles. The number of rotatable bonds is 0. The zero-order valence-electron chi connectivity index (χ0n) is 7.85. The van der Waals surface area contributed by atoms with Crippen molar-refractivity contribution in [3.8, 4) is 0 Å². The largest absolute Gasteiger partial charge is 0.481 e. The van der Waals surface area contributed by atoms with Crippen molar-refractivity contribution in [3.63, 3.8) is 0 Å². The van der Waals surface area contributed by atoms with Crippen LogP contribution >= 0.6 is 0 Å². The molecule has 0 aliphatic heterocycles. The Morgan fingerprint density at radius 2 is 1.15 bits per heavy atom. The summed E-state index contributed by atoms with van der Waals surface area (Å²) in [6, 6.07) is 0. The second-order valence-electron chi connectivity index (χ2n) is 2.62. The zero-order chi connectivity index (χ0) is 9.23. The fraction of sp³-hybridized carbons (Fsp3) is 0.500. The van der Waals surface area contributed by atoms with Crippen LogP contribution < -0.4 is 0 Å². The van der Waals surface area contributed by atoms with E-state index in [9.17, 15) is 0 Å². The summed E-state index contributed by atoms with van der Waals surface area (Å²) in [6.45, 7) is 1.08. The van der Waals surface area contributed by atoms with Gasteiger partial charge in [0.15, 0.2) is 0 Å². The minimum absolute atomic E-state index is 0. The topological polar surface area (TPSA) is 37.3 Å². The quantitative estimate of drug-likeness (QED) is 0.542. The van der Waals surface area contributed by atoms with Gasteiger partial charge in [-0.15, -0.1) is 0 Å². The summed E-state index contributed by atoms with van der Waals surface area (Å²) in [5.41, 5.74) is 0. The van der Waals surface area contributed by atoms with Crippen LogP contribution in [0, 0.1) is 0 Å². The molecule has 0 saturated heterocycles. The van der Waals surface area contributed by atoms with Gasteiger partial charge >= 0.3 is 0 Å². The van der Waals surface area contributed by atoms with Gasteiger partial charge in [-0.25, -0.2) is 0 Å². The second-order valence-corrected chi connectivity index (χ2v) is 2.62. The average Bonchev–Trinajstić information content (AvgIpc) is 1.82. The molecular weight excluding hydrogens is 253 g/mol. The molecule has 1 aliphatic carbocycles. The molecule has 0 fully saturated rings.